The number of hydrogen-bond acceptors (Lipinski definition) is 3. The van der Waals surface area contributed by atoms with Gasteiger partial charge in [-0.1, -0.05) is 17.7 Å². The summed E-state index contributed by atoms with van der Waals surface area (Å²) >= 11 is 5.66. The van der Waals surface area contributed by atoms with Crippen LogP contribution >= 0.6 is 11.6 Å². The fraction of sp³-hybridized carbons (Fsp3) is 0. The van der Waals surface area contributed by atoms with E-state index in [4.69, 9.17) is 22.4 Å². The SMILES string of the molecule is Nc1c(Nc2ccc(F)c(Cl)c2)cccc1C(=O)O. The summed E-state index contributed by atoms with van der Waals surface area (Å²) < 4.78 is 13.0. The molecule has 0 saturated carbocycles. The van der Waals surface area contributed by atoms with Gasteiger partial charge in [-0.05, 0) is 30.3 Å². The molecule has 4 nitrogen and oxygen atoms in total. The molecule has 0 amide bonds. The third-order valence-electron chi connectivity index (χ3n) is 2.54. The number of halogens is 2. The topological polar surface area (TPSA) is 75.3 Å². The van der Waals surface area contributed by atoms with Crippen molar-refractivity contribution in [3.63, 3.8) is 0 Å². The minimum Gasteiger partial charge on any atom is -0.478 e. The largest absolute Gasteiger partial charge is 0.478 e. The zero-order valence-corrected chi connectivity index (χ0v) is 10.4. The van der Waals surface area contributed by atoms with E-state index in [1.165, 1.54) is 24.3 Å². The Morgan fingerprint density at radius 3 is 2.68 bits per heavy atom. The number of carboxylic acid groups (broad SMARTS) is 1. The standard InChI is InChI=1S/C13H10ClFN2O2/c14-9-6-7(4-5-10(9)15)17-11-3-1-2-8(12(11)16)13(18)19/h1-6,17H,16H2,(H,18,19). The van der Waals surface area contributed by atoms with E-state index in [-0.39, 0.29) is 16.3 Å². The first-order valence-electron chi connectivity index (χ1n) is 5.33. The van der Waals surface area contributed by atoms with Gasteiger partial charge in [-0.15, -0.1) is 0 Å². The minimum absolute atomic E-state index is 0.00166. The van der Waals surface area contributed by atoms with E-state index in [9.17, 15) is 9.18 Å². The Hall–Kier alpha value is -2.27. The van der Waals surface area contributed by atoms with Crippen LogP contribution in [0.1, 0.15) is 10.4 Å². The number of rotatable bonds is 3. The Morgan fingerprint density at radius 2 is 2.05 bits per heavy atom. The molecule has 0 aliphatic rings. The molecule has 6 heteroatoms. The van der Waals surface area contributed by atoms with Crippen LogP contribution in [0, 0.1) is 5.82 Å². The van der Waals surface area contributed by atoms with E-state index in [1.807, 2.05) is 0 Å². The molecule has 0 unspecified atom stereocenters. The number of nitrogen functional groups attached to an aromatic ring is 1. The van der Waals surface area contributed by atoms with Crippen LogP contribution in [0.15, 0.2) is 36.4 Å². The molecule has 2 aromatic rings. The Bertz CT molecular complexity index is 647. The molecule has 0 radical (unpaired) electrons. The highest BCUT2D eigenvalue weighted by Gasteiger charge is 2.11. The zero-order chi connectivity index (χ0) is 14.0. The predicted molar refractivity (Wildman–Crippen MR) is 72.5 cm³/mol. The number of carbonyl (C=O) groups is 1. The number of para-hydroxylation sites is 1. The van der Waals surface area contributed by atoms with Crippen LogP contribution in [0.5, 0.6) is 0 Å². The van der Waals surface area contributed by atoms with Gasteiger partial charge in [0.25, 0.3) is 0 Å². The molecule has 0 bridgehead atoms. The highest BCUT2D eigenvalue weighted by atomic mass is 35.5. The summed E-state index contributed by atoms with van der Waals surface area (Å²) in [7, 11) is 0. The summed E-state index contributed by atoms with van der Waals surface area (Å²) in [6.07, 6.45) is 0. The highest BCUT2D eigenvalue weighted by Crippen LogP contribution is 2.28. The number of benzene rings is 2. The number of anilines is 3. The van der Waals surface area contributed by atoms with Gasteiger partial charge in [-0.3, -0.25) is 0 Å². The maximum atomic E-state index is 13.0. The summed E-state index contributed by atoms with van der Waals surface area (Å²) in [5, 5.41) is 11.8. The van der Waals surface area contributed by atoms with Crippen LogP contribution < -0.4 is 11.1 Å². The van der Waals surface area contributed by atoms with Crippen LogP contribution in [0.2, 0.25) is 5.02 Å². The van der Waals surface area contributed by atoms with E-state index in [2.05, 4.69) is 5.32 Å². The van der Waals surface area contributed by atoms with Gasteiger partial charge in [-0.25, -0.2) is 9.18 Å². The number of nitrogens with two attached hydrogens (primary N) is 1. The third-order valence-corrected chi connectivity index (χ3v) is 2.82. The summed E-state index contributed by atoms with van der Waals surface area (Å²) in [6.45, 7) is 0. The molecule has 0 aromatic heterocycles. The molecule has 0 heterocycles. The summed E-state index contributed by atoms with van der Waals surface area (Å²) in [4.78, 5) is 10.9. The average Bonchev–Trinajstić information content (AvgIpc) is 2.36. The van der Waals surface area contributed by atoms with Crippen molar-refractivity contribution < 1.29 is 14.3 Å². The molecular weight excluding hydrogens is 271 g/mol. The van der Waals surface area contributed by atoms with Crippen LogP contribution in [0.25, 0.3) is 0 Å². The van der Waals surface area contributed by atoms with E-state index >= 15 is 0 Å². The lowest BCUT2D eigenvalue weighted by Crippen LogP contribution is -2.05. The molecule has 98 valence electrons. The quantitative estimate of drug-likeness (QED) is 0.752. The lowest BCUT2D eigenvalue weighted by molar-refractivity contribution is 0.0698. The van der Waals surface area contributed by atoms with E-state index < -0.39 is 11.8 Å². The molecule has 0 fully saturated rings. The summed E-state index contributed by atoms with van der Waals surface area (Å²) in [5.74, 6) is -1.64. The second-order valence-corrected chi connectivity index (χ2v) is 4.23. The third kappa shape index (κ3) is 2.77. The molecule has 0 atom stereocenters. The van der Waals surface area contributed by atoms with Crippen LogP contribution in [-0.4, -0.2) is 11.1 Å². The van der Waals surface area contributed by atoms with Crippen LogP contribution in [-0.2, 0) is 0 Å². The van der Waals surface area contributed by atoms with Crippen molar-refractivity contribution in [3.05, 3.63) is 52.8 Å². The van der Waals surface area contributed by atoms with Crippen LogP contribution in [0.3, 0.4) is 0 Å². The first-order valence-corrected chi connectivity index (χ1v) is 5.70. The monoisotopic (exact) mass is 280 g/mol. The van der Waals surface area contributed by atoms with E-state index in [1.54, 1.807) is 12.1 Å². The maximum absolute atomic E-state index is 13.0. The Labute approximate surface area is 113 Å². The van der Waals surface area contributed by atoms with Crippen molar-refractivity contribution in [1.82, 2.24) is 0 Å². The predicted octanol–water partition coefficient (Wildman–Crippen LogP) is 3.50. The Morgan fingerprint density at radius 1 is 1.32 bits per heavy atom. The Kier molecular flexibility index (Phi) is 3.57. The summed E-state index contributed by atoms with van der Waals surface area (Å²) in [5.41, 5.74) is 6.79. The van der Waals surface area contributed by atoms with Crippen LogP contribution in [0.4, 0.5) is 21.5 Å². The molecular formula is C13H10ClFN2O2. The molecule has 4 N–H and O–H groups in total. The smallest absolute Gasteiger partial charge is 0.337 e. The molecule has 0 aliphatic carbocycles. The fourth-order valence-corrected chi connectivity index (χ4v) is 1.77. The fourth-order valence-electron chi connectivity index (χ4n) is 1.59. The molecule has 0 saturated heterocycles. The number of nitrogens with one attached hydrogen (secondary N) is 1. The second kappa shape index (κ2) is 5.16. The number of carboxylic acids is 1. The van der Waals surface area contributed by atoms with Gasteiger partial charge in [0, 0.05) is 5.69 Å². The first kappa shape index (κ1) is 13.2. The van der Waals surface area contributed by atoms with Crippen molar-refractivity contribution in [1.29, 1.82) is 0 Å². The molecule has 2 rings (SSSR count). The first-order chi connectivity index (χ1) is 8.99. The molecule has 2 aromatic carbocycles. The molecule has 0 spiro atoms. The van der Waals surface area contributed by atoms with Gasteiger partial charge in [0.2, 0.25) is 0 Å². The number of aromatic carboxylic acids is 1. The second-order valence-electron chi connectivity index (χ2n) is 3.83. The van der Waals surface area contributed by atoms with Crippen molar-refractivity contribution in [2.45, 2.75) is 0 Å². The minimum atomic E-state index is -1.11. The van der Waals surface area contributed by atoms with Gasteiger partial charge in [0.05, 0.1) is 22.0 Å². The van der Waals surface area contributed by atoms with E-state index in [0.29, 0.717) is 11.4 Å². The normalized spacial score (nSPS) is 10.2. The van der Waals surface area contributed by atoms with Crippen molar-refractivity contribution in [2.24, 2.45) is 0 Å². The zero-order valence-electron chi connectivity index (χ0n) is 9.65. The average molecular weight is 281 g/mol. The number of hydrogen-bond donors (Lipinski definition) is 3. The van der Waals surface area contributed by atoms with Crippen molar-refractivity contribution >= 4 is 34.6 Å². The van der Waals surface area contributed by atoms with Crippen molar-refractivity contribution in [3.8, 4) is 0 Å². The van der Waals surface area contributed by atoms with Gasteiger partial charge < -0.3 is 16.2 Å². The molecule has 0 aliphatic heterocycles. The lowest BCUT2D eigenvalue weighted by atomic mass is 10.1. The Balaban J connectivity index is 2.35. The van der Waals surface area contributed by atoms with Gasteiger partial charge >= 0.3 is 5.97 Å². The van der Waals surface area contributed by atoms with Gasteiger partial charge in [-0.2, -0.15) is 0 Å². The lowest BCUT2D eigenvalue weighted by Gasteiger charge is -2.11. The maximum Gasteiger partial charge on any atom is 0.337 e. The van der Waals surface area contributed by atoms with Gasteiger partial charge in [0.15, 0.2) is 0 Å². The highest BCUT2D eigenvalue weighted by molar-refractivity contribution is 6.31. The van der Waals surface area contributed by atoms with E-state index in [0.717, 1.165) is 0 Å². The van der Waals surface area contributed by atoms with Crippen molar-refractivity contribution in [2.75, 3.05) is 11.1 Å². The summed E-state index contributed by atoms with van der Waals surface area (Å²) in [6, 6.07) is 8.67. The molecule has 19 heavy (non-hydrogen) atoms. The van der Waals surface area contributed by atoms with Gasteiger partial charge in [0.1, 0.15) is 5.82 Å².